The van der Waals surface area contributed by atoms with Gasteiger partial charge in [-0.05, 0) is 35.1 Å². The minimum atomic E-state index is -2.96. The summed E-state index contributed by atoms with van der Waals surface area (Å²) in [6.45, 7) is 0. The minimum Gasteiger partial charge on any atom is -0.228 e. The Kier molecular flexibility index (Phi) is 2.05. The zero-order valence-corrected chi connectivity index (χ0v) is 12.4. The van der Waals surface area contributed by atoms with E-state index in [0.717, 1.165) is 12.8 Å². The SMILES string of the molecule is O=S1(=O)CC[C@]12CC1c3ccccc3C2c2ccccc21. The molecule has 1 aliphatic heterocycles. The lowest BCUT2D eigenvalue weighted by Crippen LogP contribution is -2.60. The summed E-state index contributed by atoms with van der Waals surface area (Å²) in [4.78, 5) is 0. The molecule has 0 amide bonds. The van der Waals surface area contributed by atoms with Crippen molar-refractivity contribution < 1.29 is 8.42 Å². The lowest BCUT2D eigenvalue weighted by Gasteiger charge is -2.56. The molecule has 21 heavy (non-hydrogen) atoms. The minimum absolute atomic E-state index is 0.0358. The first-order chi connectivity index (χ1) is 10.1. The Balaban J connectivity index is 1.87. The van der Waals surface area contributed by atoms with Gasteiger partial charge in [-0.15, -0.1) is 0 Å². The second-order valence-corrected chi connectivity index (χ2v) is 9.03. The van der Waals surface area contributed by atoms with Crippen LogP contribution in [0.25, 0.3) is 0 Å². The van der Waals surface area contributed by atoms with Crippen LogP contribution in [0.1, 0.15) is 46.9 Å². The van der Waals surface area contributed by atoms with Gasteiger partial charge in [0.05, 0.1) is 10.5 Å². The second kappa shape index (κ2) is 3.58. The lowest BCUT2D eigenvalue weighted by molar-refractivity contribution is 0.334. The van der Waals surface area contributed by atoms with Crippen LogP contribution in [0.4, 0.5) is 0 Å². The third-order valence-electron chi connectivity index (χ3n) is 5.85. The maximum absolute atomic E-state index is 12.6. The number of benzene rings is 2. The van der Waals surface area contributed by atoms with Gasteiger partial charge in [-0.25, -0.2) is 8.42 Å². The van der Waals surface area contributed by atoms with Crippen molar-refractivity contribution in [2.24, 2.45) is 0 Å². The molecule has 4 aliphatic rings. The predicted octanol–water partition coefficient (Wildman–Crippen LogP) is 3.22. The fourth-order valence-electron chi connectivity index (χ4n) is 4.85. The van der Waals surface area contributed by atoms with E-state index in [2.05, 4.69) is 36.4 Å². The van der Waals surface area contributed by atoms with Crippen molar-refractivity contribution in [3.05, 3.63) is 70.8 Å². The van der Waals surface area contributed by atoms with Gasteiger partial charge in [0.15, 0.2) is 9.84 Å². The zero-order chi connectivity index (χ0) is 14.2. The molecule has 1 saturated heterocycles. The van der Waals surface area contributed by atoms with Crippen LogP contribution in [0.15, 0.2) is 48.5 Å². The normalized spacial score (nSPS) is 34.1. The first-order valence-electron chi connectivity index (χ1n) is 7.54. The molecule has 0 saturated carbocycles. The van der Waals surface area contributed by atoms with Gasteiger partial charge in [0.1, 0.15) is 0 Å². The van der Waals surface area contributed by atoms with Gasteiger partial charge in [-0.2, -0.15) is 0 Å². The molecule has 1 atom stereocenters. The summed E-state index contributed by atoms with van der Waals surface area (Å²) in [7, 11) is -2.96. The van der Waals surface area contributed by atoms with E-state index in [4.69, 9.17) is 0 Å². The van der Waals surface area contributed by atoms with Crippen LogP contribution >= 0.6 is 0 Å². The van der Waals surface area contributed by atoms with Crippen molar-refractivity contribution in [3.8, 4) is 0 Å². The van der Waals surface area contributed by atoms with Crippen molar-refractivity contribution in [1.29, 1.82) is 0 Å². The monoisotopic (exact) mass is 296 g/mol. The topological polar surface area (TPSA) is 34.1 Å². The third-order valence-corrected chi connectivity index (χ3v) is 8.44. The zero-order valence-electron chi connectivity index (χ0n) is 11.6. The molecule has 3 aliphatic carbocycles. The molecule has 0 aromatic heterocycles. The van der Waals surface area contributed by atoms with Crippen LogP contribution in [0.5, 0.6) is 0 Å². The van der Waals surface area contributed by atoms with Crippen molar-refractivity contribution >= 4 is 9.84 Å². The Morgan fingerprint density at radius 2 is 1.38 bits per heavy atom. The first kappa shape index (κ1) is 12.0. The lowest BCUT2D eigenvalue weighted by atomic mass is 9.58. The molecule has 2 bridgehead atoms. The molecule has 106 valence electrons. The van der Waals surface area contributed by atoms with Gasteiger partial charge in [0.2, 0.25) is 0 Å². The van der Waals surface area contributed by atoms with Crippen molar-refractivity contribution in [2.75, 3.05) is 5.75 Å². The maximum Gasteiger partial charge on any atom is 0.157 e. The van der Waals surface area contributed by atoms with Crippen LogP contribution in [0.2, 0.25) is 0 Å². The summed E-state index contributed by atoms with van der Waals surface area (Å²) in [5.41, 5.74) is 5.18. The van der Waals surface area contributed by atoms with Crippen molar-refractivity contribution in [1.82, 2.24) is 0 Å². The molecule has 0 N–H and O–H groups in total. The van der Waals surface area contributed by atoms with E-state index in [0.29, 0.717) is 5.75 Å². The molecule has 2 nitrogen and oxygen atoms in total. The molecule has 3 heteroatoms. The van der Waals surface area contributed by atoms with Crippen LogP contribution < -0.4 is 0 Å². The Hall–Kier alpha value is -1.61. The summed E-state index contributed by atoms with van der Waals surface area (Å²) < 4.78 is 24.7. The van der Waals surface area contributed by atoms with Gasteiger partial charge < -0.3 is 0 Å². The van der Waals surface area contributed by atoms with Crippen LogP contribution in [-0.4, -0.2) is 18.9 Å². The third kappa shape index (κ3) is 1.23. The van der Waals surface area contributed by atoms with Gasteiger partial charge >= 0.3 is 0 Å². The molecular weight excluding hydrogens is 280 g/mol. The van der Waals surface area contributed by atoms with E-state index in [1.54, 1.807) is 0 Å². The molecule has 0 radical (unpaired) electrons. The van der Waals surface area contributed by atoms with E-state index in [1.165, 1.54) is 22.3 Å². The van der Waals surface area contributed by atoms with E-state index in [9.17, 15) is 8.42 Å². The van der Waals surface area contributed by atoms with Crippen molar-refractivity contribution in [3.63, 3.8) is 0 Å². The van der Waals surface area contributed by atoms with Crippen molar-refractivity contribution in [2.45, 2.75) is 29.4 Å². The fraction of sp³-hybridized carbons (Fsp3) is 0.333. The predicted molar refractivity (Wildman–Crippen MR) is 82.3 cm³/mol. The van der Waals surface area contributed by atoms with E-state index < -0.39 is 14.6 Å². The average Bonchev–Trinajstić information content (AvgIpc) is 2.54. The smallest absolute Gasteiger partial charge is 0.157 e. The van der Waals surface area contributed by atoms with Gasteiger partial charge in [-0.3, -0.25) is 0 Å². The van der Waals surface area contributed by atoms with Crippen LogP contribution in [0, 0.1) is 0 Å². The molecule has 1 spiro atoms. The van der Waals surface area contributed by atoms with Gasteiger partial charge in [-0.1, -0.05) is 48.5 Å². The quantitative estimate of drug-likeness (QED) is 0.748. The Bertz CT molecular complexity index is 821. The van der Waals surface area contributed by atoms with E-state index in [1.807, 2.05) is 12.1 Å². The average molecular weight is 296 g/mol. The Morgan fingerprint density at radius 1 is 0.857 bits per heavy atom. The molecule has 2 aromatic carbocycles. The maximum atomic E-state index is 12.6. The standard InChI is InChI=1S/C18H16O2S/c19-21(20)10-9-18(21)11-16-12-5-1-3-7-14(12)17(18)15-8-4-2-6-13(15)16/h1-8,16-17H,9-11H2/t16?,17?,18-/m1/s1. The molecule has 1 heterocycles. The number of rotatable bonds is 0. The largest absolute Gasteiger partial charge is 0.228 e. The molecule has 2 aromatic rings. The first-order valence-corrected chi connectivity index (χ1v) is 9.19. The summed E-state index contributed by atoms with van der Waals surface area (Å²) in [5, 5.41) is 0. The number of hydrogen-bond acceptors (Lipinski definition) is 2. The molecule has 6 rings (SSSR count). The molecular formula is C18H16O2S. The van der Waals surface area contributed by atoms with E-state index >= 15 is 0 Å². The Morgan fingerprint density at radius 3 is 1.81 bits per heavy atom. The van der Waals surface area contributed by atoms with Gasteiger partial charge in [0.25, 0.3) is 0 Å². The number of sulfone groups is 1. The highest BCUT2D eigenvalue weighted by molar-refractivity contribution is 7.94. The summed E-state index contributed by atoms with van der Waals surface area (Å²) in [6, 6.07) is 16.9. The summed E-state index contributed by atoms with van der Waals surface area (Å²) in [5.74, 6) is 0.645. The number of hydrogen-bond donors (Lipinski definition) is 0. The van der Waals surface area contributed by atoms with E-state index in [-0.39, 0.29) is 11.8 Å². The molecule has 1 fully saturated rings. The molecule has 0 unspecified atom stereocenters. The summed E-state index contributed by atoms with van der Waals surface area (Å²) in [6.07, 6.45) is 1.59. The highest BCUT2D eigenvalue weighted by Crippen LogP contribution is 2.63. The second-order valence-electron chi connectivity index (χ2n) is 6.58. The van der Waals surface area contributed by atoms with Crippen LogP contribution in [-0.2, 0) is 9.84 Å². The summed E-state index contributed by atoms with van der Waals surface area (Å²) >= 11 is 0. The fourth-order valence-corrected chi connectivity index (χ4v) is 6.95. The highest BCUT2D eigenvalue weighted by Gasteiger charge is 2.63. The van der Waals surface area contributed by atoms with Crippen LogP contribution in [0.3, 0.4) is 0 Å². The Labute approximate surface area is 124 Å². The highest BCUT2D eigenvalue weighted by atomic mass is 32.2. The van der Waals surface area contributed by atoms with Gasteiger partial charge in [0, 0.05) is 11.8 Å².